The number of nitrogens with zero attached hydrogens (tertiary/aromatic N) is 1. The molecule has 0 aliphatic heterocycles. The lowest BCUT2D eigenvalue weighted by molar-refractivity contribution is 0.415. The molecule has 0 aromatic heterocycles. The van der Waals surface area contributed by atoms with Gasteiger partial charge in [0, 0.05) is 18.7 Å². The molecule has 0 atom stereocenters. The van der Waals surface area contributed by atoms with E-state index in [1.165, 1.54) is 47.9 Å². The van der Waals surface area contributed by atoms with E-state index in [4.69, 9.17) is 5.41 Å². The molecule has 0 saturated heterocycles. The predicted molar refractivity (Wildman–Crippen MR) is 112 cm³/mol. The van der Waals surface area contributed by atoms with Gasteiger partial charge in [0.05, 0.1) is 0 Å². The molecule has 0 radical (unpaired) electrons. The lowest BCUT2D eigenvalue weighted by atomic mass is 9.88. The fraction of sp³-hybridized carbons (Fsp3) is 0.458. The van der Waals surface area contributed by atoms with E-state index in [1.54, 1.807) is 11.1 Å². The van der Waals surface area contributed by atoms with Crippen LogP contribution in [0.15, 0.2) is 30.3 Å². The van der Waals surface area contributed by atoms with Gasteiger partial charge in [0.2, 0.25) is 0 Å². The van der Waals surface area contributed by atoms with E-state index in [1.807, 2.05) is 11.9 Å². The van der Waals surface area contributed by atoms with Crippen molar-refractivity contribution < 1.29 is 0 Å². The normalized spacial score (nSPS) is 13.6. The molecular weight excluding hydrogens is 316 g/mol. The highest BCUT2D eigenvalue weighted by molar-refractivity contribution is 5.98. The van der Waals surface area contributed by atoms with Crippen LogP contribution < -0.4 is 0 Å². The average Bonchev–Trinajstić information content (AvgIpc) is 2.63. The standard InChI is InChI=1S/C24H32N2/c1-16(2)26(5)24(25)23-13-17(3)22(12-18(23)4)15-19-10-11-20-8-6-7-9-21(20)14-19/h10-14,16,25H,6-9,15H2,1-5H3. The van der Waals surface area contributed by atoms with Crippen LogP contribution in [-0.4, -0.2) is 23.8 Å². The molecule has 0 spiro atoms. The highest BCUT2D eigenvalue weighted by Crippen LogP contribution is 2.25. The summed E-state index contributed by atoms with van der Waals surface area (Å²) in [7, 11) is 2.00. The zero-order valence-corrected chi connectivity index (χ0v) is 16.9. The first kappa shape index (κ1) is 18.7. The molecule has 1 aliphatic carbocycles. The fourth-order valence-corrected chi connectivity index (χ4v) is 3.89. The number of nitrogens with one attached hydrogen (secondary N) is 1. The van der Waals surface area contributed by atoms with Crippen LogP contribution in [0.4, 0.5) is 0 Å². The molecule has 2 aromatic carbocycles. The Morgan fingerprint density at radius 1 is 1.00 bits per heavy atom. The fourth-order valence-electron chi connectivity index (χ4n) is 3.89. The second-order valence-electron chi connectivity index (χ2n) is 8.13. The summed E-state index contributed by atoms with van der Waals surface area (Å²) in [5.41, 5.74) is 9.42. The van der Waals surface area contributed by atoms with Gasteiger partial charge in [0.1, 0.15) is 5.84 Å². The SMILES string of the molecule is Cc1cc(C(=N)N(C)C(C)C)c(C)cc1Cc1ccc2c(c1)CCCC2. The average molecular weight is 349 g/mol. The summed E-state index contributed by atoms with van der Waals surface area (Å²) < 4.78 is 0. The van der Waals surface area contributed by atoms with Crippen molar-refractivity contribution in [1.29, 1.82) is 5.41 Å². The summed E-state index contributed by atoms with van der Waals surface area (Å²) in [6, 6.07) is 11.9. The van der Waals surface area contributed by atoms with Gasteiger partial charge < -0.3 is 4.90 Å². The number of aryl methyl sites for hydroxylation is 4. The minimum atomic E-state index is 0.331. The predicted octanol–water partition coefficient (Wildman–Crippen LogP) is 5.44. The molecule has 2 nitrogen and oxygen atoms in total. The van der Waals surface area contributed by atoms with Gasteiger partial charge in [-0.1, -0.05) is 24.3 Å². The summed E-state index contributed by atoms with van der Waals surface area (Å²) >= 11 is 0. The molecule has 0 amide bonds. The number of fused-ring (bicyclic) bond motifs is 1. The van der Waals surface area contributed by atoms with Crippen LogP contribution in [0, 0.1) is 19.3 Å². The zero-order chi connectivity index (χ0) is 18.8. The van der Waals surface area contributed by atoms with E-state index < -0.39 is 0 Å². The van der Waals surface area contributed by atoms with E-state index in [9.17, 15) is 0 Å². The van der Waals surface area contributed by atoms with Gasteiger partial charge in [0.15, 0.2) is 0 Å². The van der Waals surface area contributed by atoms with E-state index in [-0.39, 0.29) is 0 Å². The van der Waals surface area contributed by atoms with Crippen molar-refractivity contribution in [2.24, 2.45) is 0 Å². The van der Waals surface area contributed by atoms with Crippen LogP contribution in [-0.2, 0) is 19.3 Å². The van der Waals surface area contributed by atoms with Gasteiger partial charge in [-0.25, -0.2) is 0 Å². The highest BCUT2D eigenvalue weighted by atomic mass is 15.2. The molecule has 1 N–H and O–H groups in total. The Bertz CT molecular complexity index is 817. The first-order valence-electron chi connectivity index (χ1n) is 9.89. The van der Waals surface area contributed by atoms with Gasteiger partial charge >= 0.3 is 0 Å². The quantitative estimate of drug-likeness (QED) is 0.578. The van der Waals surface area contributed by atoms with Gasteiger partial charge in [-0.05, 0) is 99.2 Å². The molecular formula is C24H32N2. The summed E-state index contributed by atoms with van der Waals surface area (Å²) in [5.74, 6) is 0.612. The molecule has 2 aromatic rings. The van der Waals surface area contributed by atoms with Crippen molar-refractivity contribution >= 4 is 5.84 Å². The third-order valence-electron chi connectivity index (χ3n) is 5.87. The summed E-state index contributed by atoms with van der Waals surface area (Å²) in [5, 5.41) is 8.53. The zero-order valence-electron chi connectivity index (χ0n) is 16.9. The maximum Gasteiger partial charge on any atom is 0.128 e. The van der Waals surface area contributed by atoms with Crippen LogP contribution in [0.2, 0.25) is 0 Å². The van der Waals surface area contributed by atoms with Crippen LogP contribution in [0.5, 0.6) is 0 Å². The Morgan fingerprint density at radius 2 is 1.69 bits per heavy atom. The maximum absolute atomic E-state index is 8.53. The largest absolute Gasteiger partial charge is 0.357 e. The Morgan fingerprint density at radius 3 is 2.38 bits per heavy atom. The van der Waals surface area contributed by atoms with Crippen LogP contribution in [0.25, 0.3) is 0 Å². The number of rotatable bonds is 4. The third kappa shape index (κ3) is 3.85. The smallest absolute Gasteiger partial charge is 0.128 e. The second kappa shape index (κ2) is 7.65. The minimum Gasteiger partial charge on any atom is -0.357 e. The topological polar surface area (TPSA) is 27.1 Å². The van der Waals surface area contributed by atoms with Crippen molar-refractivity contribution in [1.82, 2.24) is 4.90 Å². The van der Waals surface area contributed by atoms with Gasteiger partial charge in [-0.15, -0.1) is 0 Å². The molecule has 0 heterocycles. The van der Waals surface area contributed by atoms with E-state index >= 15 is 0 Å². The van der Waals surface area contributed by atoms with Gasteiger partial charge in [-0.3, -0.25) is 5.41 Å². The first-order chi connectivity index (χ1) is 12.4. The number of amidine groups is 1. The summed E-state index contributed by atoms with van der Waals surface area (Å²) in [4.78, 5) is 2.03. The van der Waals surface area contributed by atoms with Crippen LogP contribution >= 0.6 is 0 Å². The third-order valence-corrected chi connectivity index (χ3v) is 5.87. The molecule has 0 saturated carbocycles. The van der Waals surface area contributed by atoms with Crippen molar-refractivity contribution in [3.8, 4) is 0 Å². The Kier molecular flexibility index (Phi) is 5.50. The summed E-state index contributed by atoms with van der Waals surface area (Å²) in [6.45, 7) is 8.57. The van der Waals surface area contributed by atoms with Crippen LogP contribution in [0.3, 0.4) is 0 Å². The second-order valence-corrected chi connectivity index (χ2v) is 8.13. The minimum absolute atomic E-state index is 0.331. The molecule has 2 heteroatoms. The molecule has 1 aliphatic rings. The molecule has 0 fully saturated rings. The number of hydrogen-bond acceptors (Lipinski definition) is 1. The van der Waals surface area contributed by atoms with Crippen molar-refractivity contribution in [3.05, 3.63) is 69.3 Å². The molecule has 0 unspecified atom stereocenters. The highest BCUT2D eigenvalue weighted by Gasteiger charge is 2.15. The van der Waals surface area contributed by atoms with Crippen molar-refractivity contribution in [2.45, 2.75) is 65.8 Å². The lowest BCUT2D eigenvalue weighted by Gasteiger charge is -2.26. The first-order valence-corrected chi connectivity index (χ1v) is 9.89. The van der Waals surface area contributed by atoms with Crippen LogP contribution in [0.1, 0.15) is 65.6 Å². The molecule has 26 heavy (non-hydrogen) atoms. The maximum atomic E-state index is 8.53. The molecule has 3 rings (SSSR count). The Hall–Kier alpha value is -2.09. The van der Waals surface area contributed by atoms with Gasteiger partial charge in [-0.2, -0.15) is 0 Å². The number of hydrogen-bond donors (Lipinski definition) is 1. The van der Waals surface area contributed by atoms with E-state index in [0.29, 0.717) is 11.9 Å². The Labute approximate surface area is 158 Å². The number of benzene rings is 2. The van der Waals surface area contributed by atoms with E-state index in [2.05, 4.69) is 58.0 Å². The van der Waals surface area contributed by atoms with Crippen molar-refractivity contribution in [2.75, 3.05) is 7.05 Å². The Balaban J connectivity index is 1.85. The van der Waals surface area contributed by atoms with Crippen molar-refractivity contribution in [3.63, 3.8) is 0 Å². The summed E-state index contributed by atoms with van der Waals surface area (Å²) in [6.07, 6.45) is 6.12. The molecule has 0 bridgehead atoms. The molecule has 138 valence electrons. The van der Waals surface area contributed by atoms with E-state index in [0.717, 1.165) is 12.0 Å². The lowest BCUT2D eigenvalue weighted by Crippen LogP contribution is -2.33. The van der Waals surface area contributed by atoms with Gasteiger partial charge in [0.25, 0.3) is 0 Å². The monoisotopic (exact) mass is 348 g/mol.